The van der Waals surface area contributed by atoms with Gasteiger partial charge in [0.05, 0.1) is 0 Å². The number of carboxylic acid groups (broad SMARTS) is 1. The predicted octanol–water partition coefficient (Wildman–Crippen LogP) is 2.29. The fourth-order valence-electron chi connectivity index (χ4n) is 2.49. The Morgan fingerprint density at radius 1 is 1.30 bits per heavy atom. The van der Waals surface area contributed by atoms with E-state index in [-0.39, 0.29) is 22.7 Å². The Labute approximate surface area is 118 Å². The highest BCUT2D eigenvalue weighted by Crippen LogP contribution is 2.33. The van der Waals surface area contributed by atoms with E-state index in [0.29, 0.717) is 19.0 Å². The molecule has 0 radical (unpaired) electrons. The lowest BCUT2D eigenvalue weighted by molar-refractivity contribution is 0.0690. The van der Waals surface area contributed by atoms with Gasteiger partial charge >= 0.3 is 5.97 Å². The van der Waals surface area contributed by atoms with Crippen LogP contribution in [-0.2, 0) is 0 Å². The van der Waals surface area contributed by atoms with Crippen molar-refractivity contribution in [1.29, 1.82) is 0 Å². The Morgan fingerprint density at radius 2 is 1.95 bits per heavy atom. The van der Waals surface area contributed by atoms with E-state index in [1.807, 2.05) is 0 Å². The van der Waals surface area contributed by atoms with Crippen LogP contribution in [0.2, 0.25) is 0 Å². The third-order valence-electron chi connectivity index (χ3n) is 3.89. The fourth-order valence-corrected chi connectivity index (χ4v) is 2.49. The van der Waals surface area contributed by atoms with E-state index < -0.39 is 5.97 Å². The van der Waals surface area contributed by atoms with Crippen molar-refractivity contribution < 1.29 is 14.7 Å². The first-order chi connectivity index (χ1) is 9.29. The molecule has 5 nitrogen and oxygen atoms in total. The first-order valence-electron chi connectivity index (χ1n) is 6.78. The van der Waals surface area contributed by atoms with Crippen LogP contribution in [0.25, 0.3) is 0 Å². The number of carboxylic acids is 1. The van der Waals surface area contributed by atoms with Crippen molar-refractivity contribution in [3.63, 3.8) is 0 Å². The lowest BCUT2D eigenvalue weighted by Crippen LogP contribution is -2.31. The van der Waals surface area contributed by atoms with Crippen LogP contribution in [-0.4, -0.2) is 40.0 Å². The number of nitrogens with zero attached hydrogens (tertiary/aromatic N) is 2. The molecule has 1 aliphatic heterocycles. The monoisotopic (exact) mass is 276 g/mol. The molecular weight excluding hydrogens is 256 g/mol. The summed E-state index contributed by atoms with van der Waals surface area (Å²) in [4.78, 5) is 28.9. The largest absolute Gasteiger partial charge is 0.477 e. The van der Waals surface area contributed by atoms with Gasteiger partial charge in [-0.1, -0.05) is 26.8 Å². The van der Waals surface area contributed by atoms with Gasteiger partial charge in [-0.25, -0.2) is 9.78 Å². The fraction of sp³-hybridized carbons (Fsp3) is 0.533. The maximum atomic E-state index is 12.4. The van der Waals surface area contributed by atoms with Crippen LogP contribution < -0.4 is 0 Å². The average molecular weight is 276 g/mol. The van der Waals surface area contributed by atoms with Crippen molar-refractivity contribution in [3.8, 4) is 0 Å². The van der Waals surface area contributed by atoms with Crippen LogP contribution in [0.5, 0.6) is 0 Å². The number of hydrogen-bond donors (Lipinski definition) is 1. The second-order valence-electron chi connectivity index (χ2n) is 6.32. The Bertz CT molecular complexity index is 534. The normalized spacial score (nSPS) is 19.1. The van der Waals surface area contributed by atoms with Gasteiger partial charge in [0.1, 0.15) is 11.4 Å². The highest BCUT2D eigenvalue weighted by molar-refractivity contribution is 5.94. The summed E-state index contributed by atoms with van der Waals surface area (Å²) in [6.07, 6.45) is 0.980. The number of amides is 1. The van der Waals surface area contributed by atoms with Crippen LogP contribution in [0, 0.1) is 11.3 Å². The van der Waals surface area contributed by atoms with Gasteiger partial charge in [0.15, 0.2) is 0 Å². The molecule has 1 unspecified atom stereocenters. The maximum Gasteiger partial charge on any atom is 0.354 e. The smallest absolute Gasteiger partial charge is 0.354 e. The zero-order chi connectivity index (χ0) is 14.9. The van der Waals surface area contributed by atoms with Crippen molar-refractivity contribution in [2.45, 2.75) is 27.2 Å². The van der Waals surface area contributed by atoms with Gasteiger partial charge in [-0.15, -0.1) is 0 Å². The molecule has 1 aromatic heterocycles. The summed E-state index contributed by atoms with van der Waals surface area (Å²) in [7, 11) is 0. The molecule has 5 heteroatoms. The van der Waals surface area contributed by atoms with E-state index in [9.17, 15) is 9.59 Å². The lowest BCUT2D eigenvalue weighted by Gasteiger charge is -2.26. The minimum absolute atomic E-state index is 0.0950. The molecule has 1 saturated heterocycles. The van der Waals surface area contributed by atoms with Crippen molar-refractivity contribution in [2.75, 3.05) is 13.1 Å². The molecule has 1 fully saturated rings. The third kappa shape index (κ3) is 2.98. The summed E-state index contributed by atoms with van der Waals surface area (Å²) in [6.45, 7) is 7.94. The molecule has 2 heterocycles. The van der Waals surface area contributed by atoms with Crippen molar-refractivity contribution in [2.24, 2.45) is 11.3 Å². The van der Waals surface area contributed by atoms with E-state index in [1.54, 1.807) is 17.0 Å². The van der Waals surface area contributed by atoms with Gasteiger partial charge in [0, 0.05) is 13.1 Å². The predicted molar refractivity (Wildman–Crippen MR) is 74.7 cm³/mol. The summed E-state index contributed by atoms with van der Waals surface area (Å²) < 4.78 is 0. The van der Waals surface area contributed by atoms with Gasteiger partial charge in [0.2, 0.25) is 0 Å². The standard InChI is InChI=1S/C15H20N2O3/c1-15(2,3)10-7-8-17(9-10)13(18)11-5-4-6-12(16-11)14(19)20/h4-6,10H,7-9H2,1-3H3,(H,19,20). The van der Waals surface area contributed by atoms with Gasteiger partial charge in [-0.05, 0) is 29.9 Å². The van der Waals surface area contributed by atoms with Crippen LogP contribution in [0.3, 0.4) is 0 Å². The van der Waals surface area contributed by atoms with E-state index in [1.165, 1.54) is 6.07 Å². The molecule has 0 spiro atoms. The van der Waals surface area contributed by atoms with Gasteiger partial charge in [-0.2, -0.15) is 0 Å². The Morgan fingerprint density at radius 3 is 2.50 bits per heavy atom. The number of aromatic carboxylic acids is 1. The first kappa shape index (κ1) is 14.5. The summed E-state index contributed by atoms with van der Waals surface area (Å²) in [6, 6.07) is 4.52. The number of aromatic nitrogens is 1. The topological polar surface area (TPSA) is 70.5 Å². The van der Waals surface area contributed by atoms with E-state index >= 15 is 0 Å². The van der Waals surface area contributed by atoms with Crippen LogP contribution in [0.15, 0.2) is 18.2 Å². The van der Waals surface area contributed by atoms with Crippen LogP contribution in [0.4, 0.5) is 0 Å². The summed E-state index contributed by atoms with van der Waals surface area (Å²) >= 11 is 0. The molecule has 1 aromatic rings. The number of pyridine rings is 1. The number of rotatable bonds is 2. The summed E-state index contributed by atoms with van der Waals surface area (Å²) in [5.74, 6) is -0.831. The van der Waals surface area contributed by atoms with E-state index in [2.05, 4.69) is 25.8 Å². The third-order valence-corrected chi connectivity index (χ3v) is 3.89. The highest BCUT2D eigenvalue weighted by Gasteiger charge is 2.34. The quantitative estimate of drug-likeness (QED) is 0.899. The molecule has 0 aliphatic carbocycles. The Hall–Kier alpha value is -1.91. The van der Waals surface area contributed by atoms with Gasteiger partial charge in [0.25, 0.3) is 5.91 Å². The molecular formula is C15H20N2O3. The van der Waals surface area contributed by atoms with Crippen molar-refractivity contribution in [1.82, 2.24) is 9.88 Å². The molecule has 20 heavy (non-hydrogen) atoms. The molecule has 1 N–H and O–H groups in total. The molecule has 2 rings (SSSR count). The highest BCUT2D eigenvalue weighted by atomic mass is 16.4. The molecule has 108 valence electrons. The Balaban J connectivity index is 2.13. The first-order valence-corrected chi connectivity index (χ1v) is 6.78. The lowest BCUT2D eigenvalue weighted by atomic mass is 9.80. The Kier molecular flexibility index (Phi) is 3.79. The van der Waals surface area contributed by atoms with Gasteiger partial charge < -0.3 is 10.0 Å². The average Bonchev–Trinajstić information content (AvgIpc) is 2.87. The zero-order valence-corrected chi connectivity index (χ0v) is 12.1. The van der Waals surface area contributed by atoms with Crippen LogP contribution in [0.1, 0.15) is 48.2 Å². The molecule has 1 atom stereocenters. The molecule has 0 bridgehead atoms. The van der Waals surface area contributed by atoms with Gasteiger partial charge in [-0.3, -0.25) is 4.79 Å². The maximum absolute atomic E-state index is 12.4. The van der Waals surface area contributed by atoms with Crippen LogP contribution >= 0.6 is 0 Å². The van der Waals surface area contributed by atoms with Crippen molar-refractivity contribution >= 4 is 11.9 Å². The second kappa shape index (κ2) is 5.23. The molecule has 1 aliphatic rings. The second-order valence-corrected chi connectivity index (χ2v) is 6.32. The number of hydrogen-bond acceptors (Lipinski definition) is 3. The van der Waals surface area contributed by atoms with E-state index in [0.717, 1.165) is 6.42 Å². The number of carbonyl (C=O) groups is 2. The molecule has 1 amide bonds. The zero-order valence-electron chi connectivity index (χ0n) is 12.1. The number of carbonyl (C=O) groups excluding carboxylic acids is 1. The minimum atomic E-state index is -1.12. The molecule has 0 saturated carbocycles. The van der Waals surface area contributed by atoms with E-state index in [4.69, 9.17) is 5.11 Å². The summed E-state index contributed by atoms with van der Waals surface area (Å²) in [5.41, 5.74) is 0.285. The summed E-state index contributed by atoms with van der Waals surface area (Å²) in [5, 5.41) is 8.92. The minimum Gasteiger partial charge on any atom is -0.477 e. The molecule has 0 aromatic carbocycles. The SMILES string of the molecule is CC(C)(C)C1CCN(C(=O)c2cccc(C(=O)O)n2)C1. The van der Waals surface area contributed by atoms with Crippen molar-refractivity contribution in [3.05, 3.63) is 29.6 Å². The number of likely N-dealkylation sites (tertiary alicyclic amines) is 1.